The fourth-order valence-electron chi connectivity index (χ4n) is 3.24. The topological polar surface area (TPSA) is 65.4 Å². The molecule has 0 saturated carbocycles. The number of rotatable bonds is 11. The standard InChI is InChI=1S/C23H29N3O3/c1-3-8-23(27)24-17-22-25-20-9-4-5-10-21(20)26(22)15-6-7-16-29-19-13-11-18(28-2)12-14-19/h4-5,9-14H,3,6-8,15-17H2,1-2H3,(H,24,27). The van der Waals surface area contributed by atoms with E-state index in [0.717, 1.165) is 54.2 Å². The number of para-hydroxylation sites is 2. The number of hydrogen-bond acceptors (Lipinski definition) is 4. The Hall–Kier alpha value is -3.02. The van der Waals surface area contributed by atoms with Crippen LogP contribution in [0.1, 0.15) is 38.4 Å². The van der Waals surface area contributed by atoms with Gasteiger partial charge in [-0.05, 0) is 55.7 Å². The predicted molar refractivity (Wildman–Crippen MR) is 114 cm³/mol. The number of imidazole rings is 1. The molecule has 0 aliphatic heterocycles. The highest BCUT2D eigenvalue weighted by Crippen LogP contribution is 2.19. The third-order valence-electron chi connectivity index (χ3n) is 4.76. The molecule has 0 fully saturated rings. The molecule has 0 bridgehead atoms. The fourth-order valence-corrected chi connectivity index (χ4v) is 3.24. The Morgan fingerprint density at radius 2 is 1.83 bits per heavy atom. The molecule has 1 amide bonds. The van der Waals surface area contributed by atoms with Crippen molar-refractivity contribution < 1.29 is 14.3 Å². The van der Waals surface area contributed by atoms with E-state index in [-0.39, 0.29) is 5.91 Å². The zero-order chi connectivity index (χ0) is 20.5. The van der Waals surface area contributed by atoms with Crippen molar-refractivity contribution >= 4 is 16.9 Å². The molecule has 0 spiro atoms. The van der Waals surface area contributed by atoms with Gasteiger partial charge in [0.15, 0.2) is 0 Å². The molecular weight excluding hydrogens is 366 g/mol. The number of aromatic nitrogens is 2. The molecule has 2 aromatic carbocycles. The second kappa shape index (κ2) is 10.5. The van der Waals surface area contributed by atoms with Crippen LogP contribution >= 0.6 is 0 Å². The molecule has 0 radical (unpaired) electrons. The van der Waals surface area contributed by atoms with Gasteiger partial charge in [0.1, 0.15) is 17.3 Å². The summed E-state index contributed by atoms with van der Waals surface area (Å²) in [6.07, 6.45) is 3.28. The van der Waals surface area contributed by atoms with E-state index in [1.54, 1.807) is 7.11 Å². The number of carbonyl (C=O) groups excluding carboxylic acids is 1. The smallest absolute Gasteiger partial charge is 0.220 e. The van der Waals surface area contributed by atoms with Gasteiger partial charge in [0.05, 0.1) is 31.3 Å². The van der Waals surface area contributed by atoms with Gasteiger partial charge in [0.2, 0.25) is 5.91 Å². The number of methoxy groups -OCH3 is 1. The van der Waals surface area contributed by atoms with Gasteiger partial charge in [-0.15, -0.1) is 0 Å². The van der Waals surface area contributed by atoms with E-state index in [2.05, 4.69) is 16.0 Å². The number of carbonyl (C=O) groups is 1. The Labute approximate surface area is 171 Å². The number of fused-ring (bicyclic) bond motifs is 1. The molecule has 0 unspecified atom stereocenters. The lowest BCUT2D eigenvalue weighted by Gasteiger charge is -2.11. The van der Waals surface area contributed by atoms with Crippen molar-refractivity contribution in [3.8, 4) is 11.5 Å². The molecule has 6 nitrogen and oxygen atoms in total. The van der Waals surface area contributed by atoms with E-state index in [4.69, 9.17) is 14.5 Å². The summed E-state index contributed by atoms with van der Waals surface area (Å²) in [7, 11) is 1.65. The highest BCUT2D eigenvalue weighted by molar-refractivity contribution is 5.77. The number of unbranched alkanes of at least 4 members (excludes halogenated alkanes) is 1. The molecule has 3 rings (SSSR count). The van der Waals surface area contributed by atoms with Crippen molar-refractivity contribution in [2.45, 2.75) is 45.7 Å². The first kappa shape index (κ1) is 20.7. The highest BCUT2D eigenvalue weighted by atomic mass is 16.5. The quantitative estimate of drug-likeness (QED) is 0.491. The van der Waals surface area contributed by atoms with Crippen LogP contribution in [0.15, 0.2) is 48.5 Å². The summed E-state index contributed by atoms with van der Waals surface area (Å²) >= 11 is 0. The van der Waals surface area contributed by atoms with Crippen LogP contribution in [-0.2, 0) is 17.9 Å². The van der Waals surface area contributed by atoms with Gasteiger partial charge in [-0.2, -0.15) is 0 Å². The first-order chi connectivity index (χ1) is 14.2. The van der Waals surface area contributed by atoms with E-state index >= 15 is 0 Å². The van der Waals surface area contributed by atoms with E-state index in [0.29, 0.717) is 19.6 Å². The third-order valence-corrected chi connectivity index (χ3v) is 4.76. The van der Waals surface area contributed by atoms with E-state index < -0.39 is 0 Å². The molecular formula is C23H29N3O3. The Balaban J connectivity index is 1.55. The largest absolute Gasteiger partial charge is 0.497 e. The lowest BCUT2D eigenvalue weighted by molar-refractivity contribution is -0.121. The molecule has 1 aromatic heterocycles. The van der Waals surface area contributed by atoms with Crippen LogP contribution in [0.3, 0.4) is 0 Å². The van der Waals surface area contributed by atoms with Crippen LogP contribution in [0, 0.1) is 0 Å². The van der Waals surface area contributed by atoms with Crippen LogP contribution in [0.2, 0.25) is 0 Å². The summed E-state index contributed by atoms with van der Waals surface area (Å²) in [4.78, 5) is 16.6. The van der Waals surface area contributed by atoms with Crippen molar-refractivity contribution in [1.29, 1.82) is 0 Å². The highest BCUT2D eigenvalue weighted by Gasteiger charge is 2.11. The van der Waals surface area contributed by atoms with Crippen LogP contribution < -0.4 is 14.8 Å². The van der Waals surface area contributed by atoms with Crippen molar-refractivity contribution in [3.05, 3.63) is 54.4 Å². The number of ether oxygens (including phenoxy) is 2. The molecule has 154 valence electrons. The summed E-state index contributed by atoms with van der Waals surface area (Å²) in [5.74, 6) is 2.63. The molecule has 1 N–H and O–H groups in total. The summed E-state index contributed by atoms with van der Waals surface area (Å²) < 4.78 is 13.2. The maximum atomic E-state index is 11.8. The number of hydrogen-bond donors (Lipinski definition) is 1. The molecule has 0 saturated heterocycles. The predicted octanol–water partition coefficient (Wildman–Crippen LogP) is 4.32. The second-order valence-corrected chi connectivity index (χ2v) is 6.93. The molecule has 1 heterocycles. The molecule has 3 aromatic rings. The zero-order valence-electron chi connectivity index (χ0n) is 17.2. The third kappa shape index (κ3) is 5.73. The van der Waals surface area contributed by atoms with Crippen LogP contribution in [0.5, 0.6) is 11.5 Å². The Morgan fingerprint density at radius 3 is 2.59 bits per heavy atom. The second-order valence-electron chi connectivity index (χ2n) is 6.93. The molecule has 6 heteroatoms. The monoisotopic (exact) mass is 395 g/mol. The number of benzene rings is 2. The van der Waals surface area contributed by atoms with Gasteiger partial charge < -0.3 is 19.4 Å². The van der Waals surface area contributed by atoms with Gasteiger partial charge in [-0.25, -0.2) is 4.98 Å². The van der Waals surface area contributed by atoms with Gasteiger partial charge in [0, 0.05) is 13.0 Å². The summed E-state index contributed by atoms with van der Waals surface area (Å²) in [6.45, 7) is 3.95. The van der Waals surface area contributed by atoms with E-state index in [1.165, 1.54) is 0 Å². The van der Waals surface area contributed by atoms with Gasteiger partial charge >= 0.3 is 0 Å². The van der Waals surface area contributed by atoms with Crippen LogP contribution in [0.4, 0.5) is 0 Å². The minimum Gasteiger partial charge on any atom is -0.497 e. The summed E-state index contributed by atoms with van der Waals surface area (Å²) in [5.41, 5.74) is 2.06. The number of nitrogens with one attached hydrogen (secondary N) is 1. The van der Waals surface area contributed by atoms with E-state index in [1.807, 2.05) is 49.4 Å². The first-order valence-corrected chi connectivity index (χ1v) is 10.2. The Kier molecular flexibility index (Phi) is 7.50. The molecule has 0 aliphatic carbocycles. The van der Waals surface area contributed by atoms with E-state index in [9.17, 15) is 4.79 Å². The minimum atomic E-state index is 0.0685. The molecule has 0 aliphatic rings. The van der Waals surface area contributed by atoms with Gasteiger partial charge in [0.25, 0.3) is 0 Å². The van der Waals surface area contributed by atoms with Gasteiger partial charge in [-0.3, -0.25) is 4.79 Å². The minimum absolute atomic E-state index is 0.0685. The number of nitrogens with zero attached hydrogens (tertiary/aromatic N) is 2. The summed E-state index contributed by atoms with van der Waals surface area (Å²) in [5, 5.41) is 2.98. The van der Waals surface area contributed by atoms with Crippen LogP contribution in [0.25, 0.3) is 11.0 Å². The summed E-state index contributed by atoms with van der Waals surface area (Å²) in [6, 6.07) is 15.7. The maximum Gasteiger partial charge on any atom is 0.220 e. The van der Waals surface area contributed by atoms with Crippen molar-refractivity contribution in [2.24, 2.45) is 0 Å². The zero-order valence-corrected chi connectivity index (χ0v) is 17.2. The SMILES string of the molecule is CCCC(=O)NCc1nc2ccccc2n1CCCCOc1ccc(OC)cc1. The first-order valence-electron chi connectivity index (χ1n) is 10.2. The van der Waals surface area contributed by atoms with Crippen LogP contribution in [-0.4, -0.2) is 29.2 Å². The lowest BCUT2D eigenvalue weighted by Crippen LogP contribution is -2.24. The van der Waals surface area contributed by atoms with Gasteiger partial charge in [-0.1, -0.05) is 19.1 Å². The molecule has 0 atom stereocenters. The average Bonchev–Trinajstić information content (AvgIpc) is 3.10. The van der Waals surface area contributed by atoms with Crippen molar-refractivity contribution in [3.63, 3.8) is 0 Å². The molecule has 29 heavy (non-hydrogen) atoms. The normalized spacial score (nSPS) is 10.8. The van der Waals surface area contributed by atoms with Crippen molar-refractivity contribution in [2.75, 3.05) is 13.7 Å². The van der Waals surface area contributed by atoms with Crippen molar-refractivity contribution in [1.82, 2.24) is 14.9 Å². The Morgan fingerprint density at radius 1 is 1.07 bits per heavy atom. The average molecular weight is 396 g/mol. The maximum absolute atomic E-state index is 11.8. The number of amides is 1. The number of aryl methyl sites for hydroxylation is 1. The lowest BCUT2D eigenvalue weighted by atomic mass is 10.3. The Bertz CT molecular complexity index is 919. The fraction of sp³-hybridized carbons (Fsp3) is 0.391.